The molecular formula is C20H28O7S. The van der Waals surface area contributed by atoms with E-state index in [2.05, 4.69) is 0 Å². The van der Waals surface area contributed by atoms with Crippen LogP contribution in [0.25, 0.3) is 0 Å². The summed E-state index contributed by atoms with van der Waals surface area (Å²) in [7, 11) is 0. The number of Topliss-reactive ketones (excluding diaryl/α,β-unsaturated/α-hetero) is 2. The molecule has 0 radical (unpaired) electrons. The summed E-state index contributed by atoms with van der Waals surface area (Å²) in [4.78, 5) is 25.4. The van der Waals surface area contributed by atoms with E-state index in [1.165, 1.54) is 11.3 Å². The Labute approximate surface area is 168 Å². The summed E-state index contributed by atoms with van der Waals surface area (Å²) >= 11 is 1.28. The van der Waals surface area contributed by atoms with Crippen molar-refractivity contribution in [3.8, 4) is 0 Å². The first-order valence-corrected chi connectivity index (χ1v) is 10.5. The Bertz CT molecular complexity index is 689. The van der Waals surface area contributed by atoms with Crippen molar-refractivity contribution >= 4 is 22.9 Å². The van der Waals surface area contributed by atoms with Gasteiger partial charge in [-0.2, -0.15) is 0 Å². The van der Waals surface area contributed by atoms with Gasteiger partial charge in [0.2, 0.25) is 0 Å². The maximum Gasteiger partial charge on any atom is 0.180 e. The summed E-state index contributed by atoms with van der Waals surface area (Å²) in [5, 5.41) is 32.4. The van der Waals surface area contributed by atoms with E-state index in [0.29, 0.717) is 4.88 Å². The third-order valence-corrected chi connectivity index (χ3v) is 6.72. The van der Waals surface area contributed by atoms with Gasteiger partial charge in [-0.05, 0) is 24.8 Å². The van der Waals surface area contributed by atoms with Crippen LogP contribution in [-0.2, 0) is 14.3 Å². The van der Waals surface area contributed by atoms with E-state index >= 15 is 0 Å². The van der Waals surface area contributed by atoms with E-state index in [4.69, 9.17) is 9.47 Å². The lowest BCUT2D eigenvalue weighted by Crippen LogP contribution is -2.57. The molecule has 0 aliphatic carbocycles. The number of aliphatic hydroxyl groups excluding tert-OH is 3. The molecule has 0 amide bonds. The normalized spacial score (nSPS) is 34.6. The summed E-state index contributed by atoms with van der Waals surface area (Å²) in [6.07, 6.45) is -3.17. The van der Waals surface area contributed by atoms with Crippen molar-refractivity contribution in [1.29, 1.82) is 0 Å². The number of aliphatic hydroxyl groups is 3. The van der Waals surface area contributed by atoms with Crippen LogP contribution in [0.5, 0.6) is 0 Å². The Balaban J connectivity index is 1.69. The van der Waals surface area contributed by atoms with E-state index < -0.39 is 23.9 Å². The van der Waals surface area contributed by atoms with Gasteiger partial charge in [-0.1, -0.05) is 13.0 Å². The molecule has 156 valence electrons. The summed E-state index contributed by atoms with van der Waals surface area (Å²) in [6.45, 7) is 3.78. The summed E-state index contributed by atoms with van der Waals surface area (Å²) in [5.74, 6) is -0.694. The molecule has 28 heavy (non-hydrogen) atoms. The van der Waals surface area contributed by atoms with Crippen LogP contribution in [-0.4, -0.2) is 69.6 Å². The number of ketones is 2. The predicted molar refractivity (Wildman–Crippen MR) is 102 cm³/mol. The molecule has 7 nitrogen and oxygen atoms in total. The molecule has 1 aromatic rings. The van der Waals surface area contributed by atoms with Crippen LogP contribution < -0.4 is 0 Å². The number of thiophene rings is 1. The second-order valence-corrected chi connectivity index (χ2v) is 8.90. The molecule has 0 saturated carbocycles. The lowest BCUT2D eigenvalue weighted by Gasteiger charge is -2.43. The first-order chi connectivity index (χ1) is 13.2. The summed E-state index contributed by atoms with van der Waals surface area (Å²) < 4.78 is 11.5. The minimum absolute atomic E-state index is 0.0937. The molecule has 0 aromatic carbocycles. The highest BCUT2D eigenvalue weighted by atomic mass is 32.1. The molecule has 8 heteroatoms. The van der Waals surface area contributed by atoms with Gasteiger partial charge < -0.3 is 24.8 Å². The van der Waals surface area contributed by atoms with Gasteiger partial charge in [0.05, 0.1) is 42.3 Å². The fourth-order valence-electron chi connectivity index (χ4n) is 3.88. The van der Waals surface area contributed by atoms with Gasteiger partial charge >= 0.3 is 0 Å². The number of carbonyl (C=O) groups is 2. The third-order valence-electron chi connectivity index (χ3n) is 5.80. The van der Waals surface area contributed by atoms with E-state index in [1.54, 1.807) is 24.4 Å². The SMILES string of the molecule is C[C@H]([C@@H]1O[C@H]1C[C@@]1(CC(=O)CC(=O)c2cccs2)OCCC(O)C1O)[C@H](C)O. The number of rotatable bonds is 9. The van der Waals surface area contributed by atoms with Crippen LogP contribution in [0.15, 0.2) is 17.5 Å². The maximum atomic E-state index is 12.6. The molecule has 2 unspecified atom stereocenters. The van der Waals surface area contributed by atoms with Gasteiger partial charge in [0, 0.05) is 18.8 Å². The van der Waals surface area contributed by atoms with Crippen molar-refractivity contribution in [2.75, 3.05) is 6.61 Å². The zero-order valence-electron chi connectivity index (χ0n) is 16.1. The van der Waals surface area contributed by atoms with Crippen molar-refractivity contribution in [2.24, 2.45) is 5.92 Å². The molecule has 7 atom stereocenters. The van der Waals surface area contributed by atoms with Crippen molar-refractivity contribution in [3.05, 3.63) is 22.4 Å². The van der Waals surface area contributed by atoms with Crippen LogP contribution in [0.3, 0.4) is 0 Å². The molecule has 0 spiro atoms. The van der Waals surface area contributed by atoms with Gasteiger partial charge in [0.15, 0.2) is 5.78 Å². The predicted octanol–water partition coefficient (Wildman–Crippen LogP) is 1.34. The molecule has 3 N–H and O–H groups in total. The van der Waals surface area contributed by atoms with Crippen molar-refractivity contribution < 1.29 is 34.4 Å². The first kappa shape index (κ1) is 21.5. The highest BCUT2D eigenvalue weighted by molar-refractivity contribution is 7.12. The van der Waals surface area contributed by atoms with Crippen LogP contribution in [0.1, 0.15) is 49.2 Å². The average Bonchev–Trinajstić information content (AvgIpc) is 3.16. The first-order valence-electron chi connectivity index (χ1n) is 9.65. The smallest absolute Gasteiger partial charge is 0.180 e. The average molecular weight is 413 g/mol. The fraction of sp³-hybridized carbons (Fsp3) is 0.700. The van der Waals surface area contributed by atoms with Crippen LogP contribution >= 0.6 is 11.3 Å². The molecular weight excluding hydrogens is 384 g/mol. The maximum absolute atomic E-state index is 12.6. The lowest BCUT2D eigenvalue weighted by atomic mass is 9.79. The monoisotopic (exact) mass is 412 g/mol. The Hall–Kier alpha value is -1.16. The quantitative estimate of drug-likeness (QED) is 0.318. The van der Waals surface area contributed by atoms with Gasteiger partial charge in [-0.3, -0.25) is 9.59 Å². The van der Waals surface area contributed by atoms with Gasteiger partial charge in [-0.25, -0.2) is 0 Å². The Morgan fingerprint density at radius 3 is 2.75 bits per heavy atom. The number of epoxide rings is 1. The Morgan fingerprint density at radius 1 is 1.36 bits per heavy atom. The van der Waals surface area contributed by atoms with E-state index in [9.17, 15) is 24.9 Å². The standard InChI is InChI=1S/C20H28O7S/c1-11(12(2)21)18-16(27-18)10-20(19(25)14(23)5-6-26-20)9-13(22)8-15(24)17-4-3-7-28-17/h3-4,7,11-12,14,16,18-19,21,23,25H,5-6,8-10H2,1-2H3/t11-,12-,14?,16-,18-,19?,20+/m0/s1. The summed E-state index contributed by atoms with van der Waals surface area (Å²) in [5.41, 5.74) is -1.29. The molecule has 2 saturated heterocycles. The number of hydrogen-bond acceptors (Lipinski definition) is 8. The minimum atomic E-state index is -1.29. The number of hydrogen-bond donors (Lipinski definition) is 3. The third kappa shape index (κ3) is 4.69. The lowest BCUT2D eigenvalue weighted by molar-refractivity contribution is -0.204. The second-order valence-electron chi connectivity index (χ2n) is 7.95. The van der Waals surface area contributed by atoms with Crippen molar-refractivity contribution in [3.63, 3.8) is 0 Å². The Morgan fingerprint density at radius 2 is 2.11 bits per heavy atom. The summed E-state index contributed by atoms with van der Waals surface area (Å²) in [6, 6.07) is 3.42. The van der Waals surface area contributed by atoms with E-state index in [0.717, 1.165) is 0 Å². The van der Waals surface area contributed by atoms with Gasteiger partial charge in [0.1, 0.15) is 17.5 Å². The van der Waals surface area contributed by atoms with E-state index in [1.807, 2.05) is 6.92 Å². The van der Waals surface area contributed by atoms with Crippen LogP contribution in [0, 0.1) is 5.92 Å². The number of ether oxygens (including phenoxy) is 2. The van der Waals surface area contributed by atoms with Gasteiger partial charge in [-0.15, -0.1) is 11.3 Å². The minimum Gasteiger partial charge on any atom is -0.393 e. The molecule has 3 heterocycles. The topological polar surface area (TPSA) is 117 Å². The molecule has 3 rings (SSSR count). The van der Waals surface area contributed by atoms with Crippen molar-refractivity contribution in [2.45, 2.75) is 75.7 Å². The zero-order chi connectivity index (χ0) is 20.5. The van der Waals surface area contributed by atoms with E-state index in [-0.39, 0.29) is 62.0 Å². The highest BCUT2D eigenvalue weighted by Crippen LogP contribution is 2.42. The zero-order valence-corrected chi connectivity index (χ0v) is 16.9. The van der Waals surface area contributed by atoms with Crippen LogP contribution in [0.2, 0.25) is 0 Å². The highest BCUT2D eigenvalue weighted by Gasteiger charge is 2.55. The second kappa shape index (κ2) is 8.69. The van der Waals surface area contributed by atoms with Crippen LogP contribution in [0.4, 0.5) is 0 Å². The molecule has 2 aliphatic heterocycles. The Kier molecular flexibility index (Phi) is 6.69. The van der Waals surface area contributed by atoms with Crippen molar-refractivity contribution in [1.82, 2.24) is 0 Å². The molecule has 1 aromatic heterocycles. The number of carbonyl (C=O) groups excluding carboxylic acids is 2. The molecule has 0 bridgehead atoms. The van der Waals surface area contributed by atoms with Gasteiger partial charge in [0.25, 0.3) is 0 Å². The molecule has 2 aliphatic rings. The fourth-order valence-corrected chi connectivity index (χ4v) is 4.55. The molecule has 2 fully saturated rings. The largest absolute Gasteiger partial charge is 0.393 e.